The van der Waals surface area contributed by atoms with Crippen molar-refractivity contribution in [2.75, 3.05) is 38.6 Å². The minimum absolute atomic E-state index is 0.0917. The quantitative estimate of drug-likeness (QED) is 0.426. The van der Waals surface area contributed by atoms with Gasteiger partial charge in [0.15, 0.2) is 5.82 Å². The zero-order chi connectivity index (χ0) is 29.2. The van der Waals surface area contributed by atoms with Gasteiger partial charge in [-0.25, -0.2) is 4.39 Å². The lowest BCUT2D eigenvalue weighted by molar-refractivity contribution is -0.137. The molecule has 3 heterocycles. The van der Waals surface area contributed by atoms with E-state index in [9.17, 15) is 23.2 Å². The summed E-state index contributed by atoms with van der Waals surface area (Å²) in [5.41, 5.74) is -0.522. The third-order valence-corrected chi connectivity index (χ3v) is 7.43. The summed E-state index contributed by atoms with van der Waals surface area (Å²) >= 11 is 0. The van der Waals surface area contributed by atoms with E-state index in [1.54, 1.807) is 34.8 Å². The first-order chi connectivity index (χ1) is 18.9. The summed E-state index contributed by atoms with van der Waals surface area (Å²) < 4.78 is 56.8. The molecule has 1 aliphatic heterocycles. The smallest absolute Gasteiger partial charge is 0.370 e. The van der Waals surface area contributed by atoms with Crippen molar-refractivity contribution in [2.45, 2.75) is 37.4 Å². The third kappa shape index (κ3) is 5.82. The molecule has 1 aromatic carbocycles. The second kappa shape index (κ2) is 11.3. The van der Waals surface area contributed by atoms with E-state index in [0.29, 0.717) is 23.5 Å². The Bertz CT molecular complexity index is 1420. The molecule has 1 atom stereocenters. The SMILES string of the molecule is CC(CN(C)C)NC(=O)C1(c2cnc(-c3cccn3C)c(F)c2)CCN(c2ccc(C(F)(F)F)cc2C#N)CC1. The Labute approximate surface area is 231 Å². The number of halogens is 4. The van der Waals surface area contributed by atoms with Crippen LogP contribution >= 0.6 is 0 Å². The van der Waals surface area contributed by atoms with Crippen LogP contribution in [0.25, 0.3) is 11.4 Å². The van der Waals surface area contributed by atoms with Crippen LogP contribution in [0.4, 0.5) is 23.2 Å². The molecule has 4 rings (SSSR count). The molecule has 212 valence electrons. The Morgan fingerprint density at radius 1 is 1.23 bits per heavy atom. The first-order valence-electron chi connectivity index (χ1n) is 13.0. The largest absolute Gasteiger partial charge is 0.416 e. The van der Waals surface area contributed by atoms with Gasteiger partial charge in [-0.3, -0.25) is 9.78 Å². The number of hydrogen-bond acceptors (Lipinski definition) is 5. The van der Waals surface area contributed by atoms with E-state index in [2.05, 4.69) is 10.3 Å². The van der Waals surface area contributed by atoms with Crippen molar-refractivity contribution < 1.29 is 22.4 Å². The molecule has 1 N–H and O–H groups in total. The Balaban J connectivity index is 1.67. The van der Waals surface area contributed by atoms with Crippen LogP contribution in [0.1, 0.15) is 36.5 Å². The molecule has 11 heteroatoms. The maximum absolute atomic E-state index is 15.4. The highest BCUT2D eigenvalue weighted by Gasteiger charge is 2.44. The summed E-state index contributed by atoms with van der Waals surface area (Å²) in [6.07, 6.45) is -0.729. The third-order valence-electron chi connectivity index (χ3n) is 7.43. The summed E-state index contributed by atoms with van der Waals surface area (Å²) in [6, 6.07) is 9.68. The molecule has 2 aromatic heterocycles. The molecule has 1 unspecified atom stereocenters. The minimum atomic E-state index is -4.56. The number of pyridine rings is 1. The summed E-state index contributed by atoms with van der Waals surface area (Å²) in [5, 5.41) is 12.6. The van der Waals surface area contributed by atoms with Gasteiger partial charge in [-0.15, -0.1) is 0 Å². The van der Waals surface area contributed by atoms with Gasteiger partial charge in [0.05, 0.1) is 27.9 Å². The maximum atomic E-state index is 15.4. The van der Waals surface area contributed by atoms with E-state index >= 15 is 4.39 Å². The molecular weight excluding hydrogens is 524 g/mol. The van der Waals surface area contributed by atoms with Crippen molar-refractivity contribution in [3.63, 3.8) is 0 Å². The van der Waals surface area contributed by atoms with Gasteiger partial charge in [-0.05, 0) is 75.8 Å². The van der Waals surface area contributed by atoms with Gasteiger partial charge >= 0.3 is 6.18 Å². The van der Waals surface area contributed by atoms with Crippen molar-refractivity contribution in [1.29, 1.82) is 5.26 Å². The van der Waals surface area contributed by atoms with E-state index < -0.39 is 23.0 Å². The van der Waals surface area contributed by atoms with Crippen LogP contribution in [0.2, 0.25) is 0 Å². The van der Waals surface area contributed by atoms with Crippen LogP contribution in [0.15, 0.2) is 48.8 Å². The molecule has 1 amide bonds. The molecule has 1 saturated heterocycles. The van der Waals surface area contributed by atoms with Crippen LogP contribution < -0.4 is 10.2 Å². The molecule has 0 spiro atoms. The molecule has 7 nitrogen and oxygen atoms in total. The number of anilines is 1. The topological polar surface area (TPSA) is 77.2 Å². The monoisotopic (exact) mass is 556 g/mol. The molecule has 3 aromatic rings. The predicted octanol–water partition coefficient (Wildman–Crippen LogP) is 4.72. The van der Waals surface area contributed by atoms with Crippen molar-refractivity contribution in [3.05, 3.63) is 71.3 Å². The molecular formula is C29H32F4N6O. The van der Waals surface area contributed by atoms with Crippen LogP contribution in [0.5, 0.6) is 0 Å². The van der Waals surface area contributed by atoms with E-state index in [1.807, 2.05) is 32.0 Å². The van der Waals surface area contributed by atoms with Gasteiger partial charge in [0.2, 0.25) is 5.91 Å². The number of benzene rings is 1. The van der Waals surface area contributed by atoms with Crippen LogP contribution in [0.3, 0.4) is 0 Å². The Kier molecular flexibility index (Phi) is 8.21. The molecule has 0 radical (unpaired) electrons. The van der Waals surface area contributed by atoms with E-state index in [1.165, 1.54) is 18.3 Å². The number of amides is 1. The Morgan fingerprint density at radius 3 is 2.48 bits per heavy atom. The first kappa shape index (κ1) is 29.1. The minimum Gasteiger partial charge on any atom is -0.370 e. The standard InChI is InChI=1S/C29H32F4N6O/c1-19(18-37(2)3)36-27(40)28(22-15-23(30)26(35-17-22)25-6-5-11-38(25)4)9-12-39(13-10-28)24-8-7-21(29(31,32)33)14-20(24)16-34/h5-8,11,14-15,17,19H,9-10,12-13,18H2,1-4H3,(H,36,40). The number of aromatic nitrogens is 2. The highest BCUT2D eigenvalue weighted by Crippen LogP contribution is 2.40. The van der Waals surface area contributed by atoms with Crippen LogP contribution in [-0.4, -0.2) is 60.1 Å². The zero-order valence-electron chi connectivity index (χ0n) is 22.9. The summed E-state index contributed by atoms with van der Waals surface area (Å²) in [5.74, 6) is -0.813. The van der Waals surface area contributed by atoms with Gasteiger partial charge in [-0.2, -0.15) is 18.4 Å². The lowest BCUT2D eigenvalue weighted by Crippen LogP contribution is -2.54. The number of nitrogens with one attached hydrogen (secondary N) is 1. The van der Waals surface area contributed by atoms with E-state index in [0.717, 1.165) is 12.1 Å². The normalized spacial score (nSPS) is 16.1. The van der Waals surface area contributed by atoms with Crippen molar-refractivity contribution in [3.8, 4) is 17.5 Å². The lowest BCUT2D eigenvalue weighted by atomic mass is 9.72. The Morgan fingerprint density at radius 2 is 1.93 bits per heavy atom. The predicted molar refractivity (Wildman–Crippen MR) is 144 cm³/mol. The van der Waals surface area contributed by atoms with Crippen molar-refractivity contribution in [1.82, 2.24) is 19.8 Å². The van der Waals surface area contributed by atoms with E-state index in [-0.39, 0.29) is 49.1 Å². The second-order valence-corrected chi connectivity index (χ2v) is 10.6. The number of nitrogens with zero attached hydrogens (tertiary/aromatic N) is 5. The number of likely N-dealkylation sites (N-methyl/N-ethyl adjacent to an activating group) is 1. The summed E-state index contributed by atoms with van der Waals surface area (Å²) in [7, 11) is 5.59. The molecule has 0 aliphatic carbocycles. The molecule has 1 aliphatic rings. The number of carbonyl (C=O) groups is 1. The average molecular weight is 557 g/mol. The first-order valence-corrected chi connectivity index (χ1v) is 13.0. The van der Waals surface area contributed by atoms with Crippen LogP contribution in [-0.2, 0) is 23.4 Å². The second-order valence-electron chi connectivity index (χ2n) is 10.6. The highest BCUT2D eigenvalue weighted by atomic mass is 19.4. The summed E-state index contributed by atoms with van der Waals surface area (Å²) in [4.78, 5) is 22.0. The molecule has 0 saturated carbocycles. The fraction of sp³-hybridized carbons (Fsp3) is 0.414. The molecule has 1 fully saturated rings. The maximum Gasteiger partial charge on any atom is 0.416 e. The van der Waals surface area contributed by atoms with Crippen molar-refractivity contribution >= 4 is 11.6 Å². The van der Waals surface area contributed by atoms with Gasteiger partial charge in [0.1, 0.15) is 11.8 Å². The Hall–Kier alpha value is -3.91. The fourth-order valence-corrected chi connectivity index (χ4v) is 5.40. The number of piperidine rings is 1. The number of aryl methyl sites for hydroxylation is 1. The van der Waals surface area contributed by atoms with Crippen molar-refractivity contribution in [2.24, 2.45) is 7.05 Å². The molecule has 40 heavy (non-hydrogen) atoms. The molecule has 0 bridgehead atoms. The average Bonchev–Trinajstić information content (AvgIpc) is 3.32. The van der Waals surface area contributed by atoms with E-state index in [4.69, 9.17) is 0 Å². The highest BCUT2D eigenvalue weighted by molar-refractivity contribution is 5.89. The number of carbonyl (C=O) groups excluding carboxylic acids is 1. The number of hydrogen-bond donors (Lipinski definition) is 1. The van der Waals surface area contributed by atoms with Gasteiger partial charge < -0.3 is 19.7 Å². The van der Waals surface area contributed by atoms with Gasteiger partial charge in [-0.1, -0.05) is 0 Å². The van der Waals surface area contributed by atoms with Crippen LogP contribution in [0, 0.1) is 17.1 Å². The number of alkyl halides is 3. The number of nitriles is 1. The number of rotatable bonds is 7. The zero-order valence-corrected chi connectivity index (χ0v) is 22.9. The summed E-state index contributed by atoms with van der Waals surface area (Å²) in [6.45, 7) is 3.04. The van der Waals surface area contributed by atoms with Gasteiger partial charge in [0.25, 0.3) is 0 Å². The lowest BCUT2D eigenvalue weighted by Gasteiger charge is -2.42. The van der Waals surface area contributed by atoms with Gasteiger partial charge in [0, 0.05) is 45.1 Å². The fourth-order valence-electron chi connectivity index (χ4n) is 5.40.